The normalized spacial score (nSPS) is 17.6. The van der Waals surface area contributed by atoms with Crippen molar-refractivity contribution in [1.82, 2.24) is 14.9 Å². The van der Waals surface area contributed by atoms with E-state index in [1.165, 1.54) is 0 Å². The number of piperidine rings is 1. The van der Waals surface area contributed by atoms with Gasteiger partial charge in [-0.25, -0.2) is 4.98 Å². The number of ether oxygens (including phenoxy) is 1. The van der Waals surface area contributed by atoms with E-state index in [1.54, 1.807) is 6.07 Å². The lowest BCUT2D eigenvalue weighted by atomic mass is 10.0. The van der Waals surface area contributed by atoms with Gasteiger partial charge in [0.1, 0.15) is 17.7 Å². The first-order chi connectivity index (χ1) is 12.6. The zero-order chi connectivity index (χ0) is 18.1. The monoisotopic (exact) mass is 351 g/mol. The van der Waals surface area contributed by atoms with E-state index in [0.717, 1.165) is 53.9 Å². The topological polar surface area (TPSA) is 61.4 Å². The van der Waals surface area contributed by atoms with Crippen molar-refractivity contribution in [2.24, 2.45) is 0 Å². The van der Waals surface area contributed by atoms with Crippen LogP contribution in [0.5, 0.6) is 5.75 Å². The average molecular weight is 351 g/mol. The van der Waals surface area contributed by atoms with Gasteiger partial charge in [-0.3, -0.25) is 0 Å². The van der Waals surface area contributed by atoms with Crippen molar-refractivity contribution in [3.63, 3.8) is 0 Å². The molecule has 26 heavy (non-hydrogen) atoms. The molecule has 0 aliphatic carbocycles. The van der Waals surface area contributed by atoms with Crippen LogP contribution in [0, 0.1) is 6.92 Å². The van der Waals surface area contributed by atoms with Gasteiger partial charge >= 0.3 is 0 Å². The van der Waals surface area contributed by atoms with Gasteiger partial charge in [0.15, 0.2) is 0 Å². The molecule has 2 heterocycles. The number of hydrogen-bond acceptors (Lipinski definition) is 4. The molecule has 0 radical (unpaired) electrons. The lowest BCUT2D eigenvalue weighted by Gasteiger charge is -2.31. The maximum Gasteiger partial charge on any atom is 0.144 e. The first-order valence-corrected chi connectivity index (χ1v) is 9.19. The van der Waals surface area contributed by atoms with Crippen LogP contribution < -0.4 is 0 Å². The summed E-state index contributed by atoms with van der Waals surface area (Å²) in [4.78, 5) is 10.5. The van der Waals surface area contributed by atoms with E-state index >= 15 is 0 Å². The standard InChI is InChI=1S/C21H25N3O2/c1-14-6-5-8-17-19(14)23-21(22-17)20(16-7-3-4-9-18(16)25)26-15-10-12-24(2)13-11-15/h3-9,15,20,25H,10-13H2,1-2H3,(H,22,23)/t20-/m0/s1. The second-order valence-corrected chi connectivity index (χ2v) is 7.17. The largest absolute Gasteiger partial charge is 0.508 e. The highest BCUT2D eigenvalue weighted by atomic mass is 16.5. The fraction of sp³-hybridized carbons (Fsp3) is 0.381. The van der Waals surface area contributed by atoms with Gasteiger partial charge in [-0.2, -0.15) is 0 Å². The fourth-order valence-corrected chi connectivity index (χ4v) is 3.63. The molecule has 1 saturated heterocycles. The molecule has 3 aromatic rings. The van der Waals surface area contributed by atoms with Gasteiger partial charge in [0, 0.05) is 18.7 Å². The highest BCUT2D eigenvalue weighted by Gasteiger charge is 2.27. The fourth-order valence-electron chi connectivity index (χ4n) is 3.63. The molecular formula is C21H25N3O2. The molecular weight excluding hydrogens is 326 g/mol. The van der Waals surface area contributed by atoms with Crippen LogP contribution in [0.2, 0.25) is 0 Å². The van der Waals surface area contributed by atoms with E-state index in [4.69, 9.17) is 9.72 Å². The zero-order valence-corrected chi connectivity index (χ0v) is 15.3. The maximum absolute atomic E-state index is 10.4. The van der Waals surface area contributed by atoms with Crippen molar-refractivity contribution in [2.75, 3.05) is 20.1 Å². The Morgan fingerprint density at radius 1 is 1.15 bits per heavy atom. The Morgan fingerprint density at radius 2 is 1.92 bits per heavy atom. The average Bonchev–Trinajstić information content (AvgIpc) is 3.07. The number of phenols is 1. The minimum absolute atomic E-state index is 0.158. The molecule has 0 spiro atoms. The number of hydrogen-bond donors (Lipinski definition) is 2. The summed E-state index contributed by atoms with van der Waals surface area (Å²) in [7, 11) is 2.14. The molecule has 1 aliphatic rings. The van der Waals surface area contributed by atoms with E-state index in [2.05, 4.69) is 29.9 Å². The number of aromatic amines is 1. The highest BCUT2D eigenvalue weighted by molar-refractivity contribution is 5.78. The number of para-hydroxylation sites is 2. The number of benzene rings is 2. The number of nitrogens with zero attached hydrogens (tertiary/aromatic N) is 2. The third-order valence-electron chi connectivity index (χ3n) is 5.19. The van der Waals surface area contributed by atoms with Crippen LogP contribution in [-0.4, -0.2) is 46.2 Å². The summed E-state index contributed by atoms with van der Waals surface area (Å²) in [5.74, 6) is 0.984. The summed E-state index contributed by atoms with van der Waals surface area (Å²) in [6, 6.07) is 13.5. The minimum Gasteiger partial charge on any atom is -0.508 e. The van der Waals surface area contributed by atoms with Gasteiger partial charge in [-0.1, -0.05) is 30.3 Å². The molecule has 0 bridgehead atoms. The van der Waals surface area contributed by atoms with Crippen molar-refractivity contribution in [2.45, 2.75) is 32.0 Å². The third kappa shape index (κ3) is 3.32. The number of aromatic hydroxyl groups is 1. The molecule has 2 N–H and O–H groups in total. The summed E-state index contributed by atoms with van der Waals surface area (Å²) in [6.07, 6.45) is 1.72. The Morgan fingerprint density at radius 3 is 2.65 bits per heavy atom. The van der Waals surface area contributed by atoms with Gasteiger partial charge < -0.3 is 19.7 Å². The van der Waals surface area contributed by atoms with E-state index < -0.39 is 6.10 Å². The van der Waals surface area contributed by atoms with Crippen LogP contribution in [0.1, 0.15) is 35.9 Å². The predicted octanol–water partition coefficient (Wildman–Crippen LogP) is 3.78. The van der Waals surface area contributed by atoms with Crippen molar-refractivity contribution in [3.05, 3.63) is 59.4 Å². The van der Waals surface area contributed by atoms with Crippen molar-refractivity contribution in [1.29, 1.82) is 0 Å². The SMILES string of the molecule is Cc1cccc2[nH]c([C@@H](OC3CCN(C)CC3)c3ccccc3O)nc12. The Hall–Kier alpha value is -2.37. The second-order valence-electron chi connectivity index (χ2n) is 7.17. The quantitative estimate of drug-likeness (QED) is 0.751. The Kier molecular flexibility index (Phi) is 4.66. The molecule has 5 nitrogen and oxygen atoms in total. The summed E-state index contributed by atoms with van der Waals surface area (Å²) < 4.78 is 6.48. The number of aromatic nitrogens is 2. The number of fused-ring (bicyclic) bond motifs is 1. The van der Waals surface area contributed by atoms with Crippen LogP contribution >= 0.6 is 0 Å². The molecule has 136 valence electrons. The number of nitrogens with one attached hydrogen (secondary N) is 1. The van der Waals surface area contributed by atoms with Gasteiger partial charge in [0.25, 0.3) is 0 Å². The summed E-state index contributed by atoms with van der Waals surface area (Å²) >= 11 is 0. The maximum atomic E-state index is 10.4. The number of phenolic OH excluding ortho intramolecular Hbond substituents is 1. The molecule has 1 aliphatic heterocycles. The molecule has 1 fully saturated rings. The summed E-state index contributed by atoms with van der Waals surface area (Å²) in [5, 5.41) is 10.4. The number of rotatable bonds is 4. The lowest BCUT2D eigenvalue weighted by molar-refractivity contribution is -0.0271. The molecule has 1 aromatic heterocycles. The molecule has 5 heteroatoms. The predicted molar refractivity (Wildman–Crippen MR) is 102 cm³/mol. The Balaban J connectivity index is 1.72. The molecule has 2 aromatic carbocycles. The minimum atomic E-state index is -0.406. The third-order valence-corrected chi connectivity index (χ3v) is 5.19. The molecule has 0 saturated carbocycles. The van der Waals surface area contributed by atoms with Crippen molar-refractivity contribution >= 4 is 11.0 Å². The Bertz CT molecular complexity index is 897. The van der Waals surface area contributed by atoms with Crippen LogP contribution in [0.3, 0.4) is 0 Å². The lowest BCUT2D eigenvalue weighted by Crippen LogP contribution is -2.35. The van der Waals surface area contributed by atoms with Gasteiger partial charge in [-0.05, 0) is 44.5 Å². The zero-order valence-electron chi connectivity index (χ0n) is 15.3. The first-order valence-electron chi connectivity index (χ1n) is 9.19. The highest BCUT2D eigenvalue weighted by Crippen LogP contribution is 2.34. The van der Waals surface area contributed by atoms with E-state index in [9.17, 15) is 5.11 Å². The number of H-pyrrole nitrogens is 1. The smallest absolute Gasteiger partial charge is 0.144 e. The number of likely N-dealkylation sites (tertiary alicyclic amines) is 1. The molecule has 0 amide bonds. The van der Waals surface area contributed by atoms with Crippen molar-refractivity contribution in [3.8, 4) is 5.75 Å². The second kappa shape index (κ2) is 7.09. The van der Waals surface area contributed by atoms with E-state index in [0.29, 0.717) is 0 Å². The first kappa shape index (κ1) is 17.1. The van der Waals surface area contributed by atoms with Crippen LogP contribution in [0.4, 0.5) is 0 Å². The van der Waals surface area contributed by atoms with Crippen LogP contribution in [-0.2, 0) is 4.74 Å². The van der Waals surface area contributed by atoms with Crippen LogP contribution in [0.25, 0.3) is 11.0 Å². The Labute approximate surface area is 153 Å². The number of aryl methyl sites for hydroxylation is 1. The van der Waals surface area contributed by atoms with Gasteiger partial charge in [-0.15, -0.1) is 0 Å². The van der Waals surface area contributed by atoms with E-state index in [1.807, 2.05) is 30.3 Å². The molecule has 4 rings (SSSR count). The van der Waals surface area contributed by atoms with Crippen molar-refractivity contribution < 1.29 is 9.84 Å². The molecule has 1 atom stereocenters. The van der Waals surface area contributed by atoms with Gasteiger partial charge in [0.05, 0.1) is 17.1 Å². The summed E-state index contributed by atoms with van der Waals surface area (Å²) in [5.41, 5.74) is 3.82. The van der Waals surface area contributed by atoms with E-state index in [-0.39, 0.29) is 11.9 Å². The summed E-state index contributed by atoms with van der Waals surface area (Å²) in [6.45, 7) is 4.11. The number of imidazole rings is 1. The van der Waals surface area contributed by atoms with Crippen LogP contribution in [0.15, 0.2) is 42.5 Å². The molecule has 0 unspecified atom stereocenters. The van der Waals surface area contributed by atoms with Gasteiger partial charge in [0.2, 0.25) is 0 Å².